The van der Waals surface area contributed by atoms with Gasteiger partial charge in [-0.15, -0.1) is 0 Å². The molecule has 2 aromatic carbocycles. The van der Waals surface area contributed by atoms with Crippen molar-refractivity contribution in [3.63, 3.8) is 0 Å². The van der Waals surface area contributed by atoms with E-state index in [0.717, 1.165) is 0 Å². The number of nitrogens with zero attached hydrogens (tertiary/aromatic N) is 1. The van der Waals surface area contributed by atoms with Gasteiger partial charge < -0.3 is 15.3 Å². The van der Waals surface area contributed by atoms with Gasteiger partial charge in [0.15, 0.2) is 0 Å². The molecule has 3 rings (SSSR count). The number of amides is 2. The number of benzene rings is 2. The fraction of sp³-hybridized carbons (Fsp3) is 0.364. The average Bonchev–Trinajstić information content (AvgIpc) is 2.76. The molecule has 33 heavy (non-hydrogen) atoms. The summed E-state index contributed by atoms with van der Waals surface area (Å²) in [5.41, 5.74) is -2.55. The lowest BCUT2D eigenvalue weighted by Gasteiger charge is -2.36. The van der Waals surface area contributed by atoms with Crippen molar-refractivity contribution in [2.24, 2.45) is 5.92 Å². The summed E-state index contributed by atoms with van der Waals surface area (Å²) in [6.45, 7) is -0.412. The molecule has 1 saturated heterocycles. The third kappa shape index (κ3) is 5.96. The Hall–Kier alpha value is -3.24. The van der Waals surface area contributed by atoms with Crippen LogP contribution < -0.4 is 5.32 Å². The third-order valence-electron chi connectivity index (χ3n) is 5.56. The summed E-state index contributed by atoms with van der Waals surface area (Å²) in [7, 11) is 0. The van der Waals surface area contributed by atoms with E-state index in [4.69, 9.17) is 0 Å². The summed E-state index contributed by atoms with van der Waals surface area (Å²) in [5.74, 6) is -1.78. The van der Waals surface area contributed by atoms with Gasteiger partial charge in [-0.3, -0.25) is 4.79 Å². The molecule has 1 heterocycles. The van der Waals surface area contributed by atoms with Gasteiger partial charge in [-0.05, 0) is 35.7 Å². The first-order chi connectivity index (χ1) is 15.4. The first-order valence-electron chi connectivity index (χ1n) is 9.95. The Morgan fingerprint density at radius 1 is 0.970 bits per heavy atom. The van der Waals surface area contributed by atoms with Crippen LogP contribution in [-0.4, -0.2) is 35.1 Å². The minimum absolute atomic E-state index is 0.0262. The molecule has 0 saturated carbocycles. The van der Waals surface area contributed by atoms with Crippen LogP contribution in [0.25, 0.3) is 0 Å². The molecule has 178 valence electrons. The van der Waals surface area contributed by atoms with E-state index in [2.05, 4.69) is 5.32 Å². The maximum atomic E-state index is 13.1. The topological polar surface area (TPSA) is 69.6 Å². The van der Waals surface area contributed by atoms with Crippen LogP contribution in [0.3, 0.4) is 0 Å². The van der Waals surface area contributed by atoms with Gasteiger partial charge in [-0.2, -0.15) is 26.3 Å². The zero-order chi connectivity index (χ0) is 24.4. The van der Waals surface area contributed by atoms with Crippen molar-refractivity contribution in [3.05, 3.63) is 70.8 Å². The number of carbonyl (C=O) groups is 2. The van der Waals surface area contributed by atoms with Crippen LogP contribution in [-0.2, 0) is 23.7 Å². The maximum Gasteiger partial charge on any atom is 0.416 e. The van der Waals surface area contributed by atoms with Crippen LogP contribution in [0.2, 0.25) is 0 Å². The molecule has 1 aliphatic heterocycles. The highest BCUT2D eigenvalue weighted by molar-refractivity contribution is 5.80. The van der Waals surface area contributed by atoms with Gasteiger partial charge in [-0.1, -0.05) is 30.3 Å². The summed E-state index contributed by atoms with van der Waals surface area (Å²) in [6, 6.07) is 9.84. The number of piperidine rings is 1. The molecule has 0 spiro atoms. The van der Waals surface area contributed by atoms with Crippen LogP contribution in [0, 0.1) is 5.92 Å². The van der Waals surface area contributed by atoms with E-state index < -0.39 is 53.9 Å². The van der Waals surface area contributed by atoms with Gasteiger partial charge in [0.25, 0.3) is 0 Å². The normalized spacial score (nSPS) is 19.3. The van der Waals surface area contributed by atoms with E-state index in [1.807, 2.05) is 0 Å². The van der Waals surface area contributed by atoms with Gasteiger partial charge in [0.1, 0.15) is 0 Å². The smallest absolute Gasteiger partial charge is 0.416 e. The van der Waals surface area contributed by atoms with Crippen molar-refractivity contribution in [2.75, 3.05) is 13.1 Å². The molecule has 1 fully saturated rings. The second-order valence-electron chi connectivity index (χ2n) is 7.77. The van der Waals surface area contributed by atoms with Gasteiger partial charge in [-0.25, -0.2) is 4.79 Å². The van der Waals surface area contributed by atoms with Gasteiger partial charge in [0, 0.05) is 31.5 Å². The minimum atomic E-state index is -4.98. The van der Waals surface area contributed by atoms with Gasteiger partial charge in [0.2, 0.25) is 5.91 Å². The summed E-state index contributed by atoms with van der Waals surface area (Å²) in [5, 5.41) is 11.7. The maximum absolute atomic E-state index is 13.1. The number of rotatable bonds is 4. The Balaban J connectivity index is 1.81. The minimum Gasteiger partial charge on any atom is -0.465 e. The number of hydrogen-bond donors (Lipinski definition) is 2. The Bertz CT molecular complexity index is 975. The number of nitrogens with one attached hydrogen (secondary N) is 1. The number of hydrogen-bond acceptors (Lipinski definition) is 2. The molecule has 2 N–H and O–H groups in total. The zero-order valence-corrected chi connectivity index (χ0v) is 17.1. The van der Waals surface area contributed by atoms with Gasteiger partial charge >= 0.3 is 18.4 Å². The van der Waals surface area contributed by atoms with Crippen molar-refractivity contribution in [1.29, 1.82) is 0 Å². The Labute approximate surface area is 185 Å². The number of halogens is 6. The Morgan fingerprint density at radius 2 is 1.55 bits per heavy atom. The number of carboxylic acid groups (broad SMARTS) is 1. The molecule has 0 aliphatic carbocycles. The van der Waals surface area contributed by atoms with Crippen LogP contribution >= 0.6 is 0 Å². The SMILES string of the molecule is O=C(NCc1cc(C(F)(F)F)cc(C(F)(F)F)c1)[C@H]1CCN(C(=O)O)C[C@H]1c1ccccc1. The molecule has 0 radical (unpaired) electrons. The van der Waals surface area contributed by atoms with Crippen molar-refractivity contribution in [3.8, 4) is 0 Å². The molecule has 2 atom stereocenters. The standard InChI is InChI=1S/C22H20F6N2O3/c23-21(24,25)15-8-13(9-16(10-15)22(26,27)28)11-29-19(31)17-6-7-30(20(32)33)12-18(17)14-4-2-1-3-5-14/h1-5,8-10,17-18H,6-7,11-12H2,(H,29,31)(H,32,33)/t17-,18-/m0/s1. The molecule has 5 nitrogen and oxygen atoms in total. The van der Waals surface area contributed by atoms with Gasteiger partial charge in [0.05, 0.1) is 11.1 Å². The number of carbonyl (C=O) groups excluding carboxylic acids is 1. The second-order valence-corrected chi connectivity index (χ2v) is 7.77. The predicted octanol–water partition coefficient (Wildman–Crippen LogP) is 5.12. The average molecular weight is 474 g/mol. The number of likely N-dealkylation sites (tertiary alicyclic amines) is 1. The van der Waals surface area contributed by atoms with Crippen LogP contribution in [0.5, 0.6) is 0 Å². The first kappa shape index (κ1) is 24.4. The van der Waals surface area contributed by atoms with Crippen molar-refractivity contribution >= 4 is 12.0 Å². The molecule has 2 amide bonds. The quantitative estimate of drug-likeness (QED) is 0.605. The molecule has 0 bridgehead atoms. The van der Waals surface area contributed by atoms with E-state index in [9.17, 15) is 41.0 Å². The highest BCUT2D eigenvalue weighted by Gasteiger charge is 2.38. The largest absolute Gasteiger partial charge is 0.465 e. The predicted molar refractivity (Wildman–Crippen MR) is 105 cm³/mol. The van der Waals surface area contributed by atoms with E-state index in [1.54, 1.807) is 30.3 Å². The molecule has 0 unspecified atom stereocenters. The number of alkyl halides is 6. The van der Waals surface area contributed by atoms with E-state index >= 15 is 0 Å². The third-order valence-corrected chi connectivity index (χ3v) is 5.56. The van der Waals surface area contributed by atoms with Crippen LogP contribution in [0.1, 0.15) is 34.6 Å². The summed E-state index contributed by atoms with van der Waals surface area (Å²) >= 11 is 0. The van der Waals surface area contributed by atoms with Crippen LogP contribution in [0.15, 0.2) is 48.5 Å². The van der Waals surface area contributed by atoms with E-state index in [0.29, 0.717) is 17.7 Å². The van der Waals surface area contributed by atoms with E-state index in [-0.39, 0.29) is 31.1 Å². The van der Waals surface area contributed by atoms with Crippen molar-refractivity contribution in [2.45, 2.75) is 31.2 Å². The molecule has 1 aliphatic rings. The lowest BCUT2D eigenvalue weighted by molar-refractivity contribution is -0.143. The fourth-order valence-corrected chi connectivity index (χ4v) is 3.92. The lowest BCUT2D eigenvalue weighted by Crippen LogP contribution is -2.46. The summed E-state index contributed by atoms with van der Waals surface area (Å²) < 4.78 is 78.4. The summed E-state index contributed by atoms with van der Waals surface area (Å²) in [6.07, 6.45) is -10.9. The molecule has 11 heteroatoms. The molecular weight excluding hydrogens is 454 g/mol. The summed E-state index contributed by atoms with van der Waals surface area (Å²) in [4.78, 5) is 25.4. The second kappa shape index (κ2) is 9.32. The van der Waals surface area contributed by atoms with Crippen LogP contribution in [0.4, 0.5) is 31.1 Å². The van der Waals surface area contributed by atoms with E-state index in [1.165, 1.54) is 4.90 Å². The zero-order valence-electron chi connectivity index (χ0n) is 17.1. The van der Waals surface area contributed by atoms with Crippen molar-refractivity contribution in [1.82, 2.24) is 10.2 Å². The molecular formula is C22H20F6N2O3. The monoisotopic (exact) mass is 474 g/mol. The first-order valence-corrected chi connectivity index (χ1v) is 9.95. The molecule has 2 aromatic rings. The Morgan fingerprint density at radius 3 is 2.06 bits per heavy atom. The fourth-order valence-electron chi connectivity index (χ4n) is 3.92. The lowest BCUT2D eigenvalue weighted by atomic mass is 9.80. The van der Waals surface area contributed by atoms with Crippen molar-refractivity contribution < 1.29 is 41.0 Å². The molecule has 0 aromatic heterocycles. The Kier molecular flexibility index (Phi) is 6.89. The highest BCUT2D eigenvalue weighted by Crippen LogP contribution is 2.37. The highest BCUT2D eigenvalue weighted by atomic mass is 19.4.